The Kier molecular flexibility index (Phi) is 9.81. The molecule has 0 atom stereocenters. The van der Waals surface area contributed by atoms with Crippen molar-refractivity contribution in [3.8, 4) is 5.75 Å². The summed E-state index contributed by atoms with van der Waals surface area (Å²) in [5.74, 6) is -0.559. The molecule has 5 rings (SSSR count). The largest absolute Gasteiger partial charge is 0.744 e. The third-order valence-corrected chi connectivity index (χ3v) is 8.95. The van der Waals surface area contributed by atoms with Crippen LogP contribution in [0.3, 0.4) is 0 Å². The van der Waals surface area contributed by atoms with Gasteiger partial charge in [0.05, 0.1) is 4.90 Å². The topological polar surface area (TPSA) is 83.7 Å². The molecule has 0 spiro atoms. The summed E-state index contributed by atoms with van der Waals surface area (Å²) >= 11 is 0. The van der Waals surface area contributed by atoms with Crippen molar-refractivity contribution < 1.29 is 22.7 Å². The normalized spacial score (nSPS) is 12.8. The van der Waals surface area contributed by atoms with E-state index < -0.39 is 20.8 Å². The average Bonchev–Trinajstić information content (AvgIpc) is 3.05. The van der Waals surface area contributed by atoms with Crippen LogP contribution >= 0.6 is 0 Å². The van der Waals surface area contributed by atoms with Gasteiger partial charge in [0, 0.05) is 36.5 Å². The predicted octanol–water partition coefficient (Wildman–Crippen LogP) is 7.23. The SMILES string of the molecule is CCN(Cc1ccccc1)c1ccc(C(=C2C=CC(=[N+](CC)Cc3ccccc3)C=C2)c2cc(O)c(S(=O)(=O)[O-])cc2C)cc1. The van der Waals surface area contributed by atoms with Gasteiger partial charge >= 0.3 is 0 Å². The summed E-state index contributed by atoms with van der Waals surface area (Å²) in [6.45, 7) is 9.25. The van der Waals surface area contributed by atoms with Gasteiger partial charge in [0.1, 0.15) is 22.4 Å². The van der Waals surface area contributed by atoms with Gasteiger partial charge < -0.3 is 14.6 Å². The van der Waals surface area contributed by atoms with E-state index in [1.165, 1.54) is 23.3 Å². The maximum Gasteiger partial charge on any atom is 0.200 e. The Labute approximate surface area is 266 Å². The van der Waals surface area contributed by atoms with E-state index in [2.05, 4.69) is 96.2 Å². The Bertz CT molecular complexity index is 1870. The molecule has 0 radical (unpaired) electrons. The molecule has 1 aliphatic rings. The number of benzene rings is 4. The van der Waals surface area contributed by atoms with Crippen molar-refractivity contribution in [3.05, 3.63) is 155 Å². The average molecular weight is 619 g/mol. The summed E-state index contributed by atoms with van der Waals surface area (Å²) in [4.78, 5) is 1.68. The van der Waals surface area contributed by atoms with E-state index in [0.29, 0.717) is 11.1 Å². The molecule has 0 fully saturated rings. The maximum absolute atomic E-state index is 11.8. The van der Waals surface area contributed by atoms with E-state index in [4.69, 9.17) is 0 Å². The zero-order chi connectivity index (χ0) is 32.0. The van der Waals surface area contributed by atoms with Crippen LogP contribution in [0.5, 0.6) is 5.75 Å². The standard InChI is InChI=1S/C38H38N2O4S/c1-4-39(26-29-12-8-6-9-13-29)33-20-16-31(17-21-33)38(35-25-36(41)37(24-28(35)3)45(42,43)44)32-18-22-34(23-19-32)40(5-2)27-30-14-10-7-11-15-30/h6-25H,4-5,26-27H2,1-3H3,(H-,41,42,43,44). The summed E-state index contributed by atoms with van der Waals surface area (Å²) in [6, 6.07) is 31.6. The molecule has 0 saturated carbocycles. The molecule has 0 bridgehead atoms. The van der Waals surface area contributed by atoms with E-state index in [9.17, 15) is 18.1 Å². The molecule has 230 valence electrons. The molecule has 1 aliphatic carbocycles. The molecule has 0 heterocycles. The monoisotopic (exact) mass is 618 g/mol. The van der Waals surface area contributed by atoms with Crippen LogP contribution in [0.4, 0.5) is 5.69 Å². The summed E-state index contributed by atoms with van der Waals surface area (Å²) < 4.78 is 37.7. The molecule has 1 N–H and O–H groups in total. The highest BCUT2D eigenvalue weighted by Gasteiger charge is 2.20. The van der Waals surface area contributed by atoms with Gasteiger partial charge in [-0.05, 0) is 90.6 Å². The van der Waals surface area contributed by atoms with E-state index in [1.807, 2.05) is 36.4 Å². The van der Waals surface area contributed by atoms with Crippen molar-refractivity contribution in [3.63, 3.8) is 0 Å². The molecule has 4 aromatic carbocycles. The van der Waals surface area contributed by atoms with Gasteiger partial charge in [-0.3, -0.25) is 0 Å². The number of hydrogen-bond acceptors (Lipinski definition) is 5. The number of rotatable bonds is 10. The van der Waals surface area contributed by atoms with Crippen LogP contribution in [0.2, 0.25) is 0 Å². The second-order valence-electron chi connectivity index (χ2n) is 11.1. The van der Waals surface area contributed by atoms with Crippen LogP contribution in [0.25, 0.3) is 5.57 Å². The first-order valence-electron chi connectivity index (χ1n) is 15.1. The maximum atomic E-state index is 11.8. The van der Waals surface area contributed by atoms with Gasteiger partial charge in [0.15, 0.2) is 12.3 Å². The number of hydrogen-bond donors (Lipinski definition) is 1. The first kappa shape index (κ1) is 31.7. The lowest BCUT2D eigenvalue weighted by Crippen LogP contribution is -2.21. The molecule has 0 unspecified atom stereocenters. The van der Waals surface area contributed by atoms with Gasteiger partial charge in [-0.25, -0.2) is 13.0 Å². The molecule has 4 aromatic rings. The highest BCUT2D eigenvalue weighted by Crippen LogP contribution is 2.37. The van der Waals surface area contributed by atoms with Gasteiger partial charge in [-0.15, -0.1) is 0 Å². The van der Waals surface area contributed by atoms with Crippen LogP contribution in [-0.4, -0.2) is 41.5 Å². The zero-order valence-electron chi connectivity index (χ0n) is 25.9. The molecular formula is C38H38N2O4S. The highest BCUT2D eigenvalue weighted by atomic mass is 32.2. The van der Waals surface area contributed by atoms with Crippen LogP contribution in [0, 0.1) is 6.92 Å². The third kappa shape index (κ3) is 7.51. The number of anilines is 1. The molecule has 0 aromatic heterocycles. The molecule has 6 nitrogen and oxygen atoms in total. The van der Waals surface area contributed by atoms with Crippen molar-refractivity contribution in [2.45, 2.75) is 38.8 Å². The second-order valence-corrected chi connectivity index (χ2v) is 12.4. The van der Waals surface area contributed by atoms with E-state index in [-0.39, 0.29) is 0 Å². The molecule has 0 saturated heterocycles. The number of allylic oxidation sites excluding steroid dienone is 5. The van der Waals surface area contributed by atoms with Crippen LogP contribution in [0.1, 0.15) is 41.7 Å². The van der Waals surface area contributed by atoms with Gasteiger partial charge in [-0.1, -0.05) is 72.8 Å². The number of aromatic hydroxyl groups is 1. The fraction of sp³-hybridized carbons (Fsp3) is 0.184. The first-order chi connectivity index (χ1) is 21.7. The summed E-state index contributed by atoms with van der Waals surface area (Å²) in [5, 5.41) is 10.7. The van der Waals surface area contributed by atoms with Crippen LogP contribution < -0.4 is 4.90 Å². The lowest BCUT2D eigenvalue weighted by atomic mass is 9.88. The Balaban J connectivity index is 1.58. The van der Waals surface area contributed by atoms with Crippen molar-refractivity contribution in [2.24, 2.45) is 0 Å². The quantitative estimate of drug-likeness (QED) is 0.150. The Morgan fingerprint density at radius 2 is 1.42 bits per heavy atom. The lowest BCUT2D eigenvalue weighted by molar-refractivity contribution is -0.539. The fourth-order valence-electron chi connectivity index (χ4n) is 5.67. The minimum atomic E-state index is -4.84. The minimum Gasteiger partial charge on any atom is -0.744 e. The summed E-state index contributed by atoms with van der Waals surface area (Å²) in [7, 11) is -4.84. The molecule has 45 heavy (non-hydrogen) atoms. The van der Waals surface area contributed by atoms with E-state index in [1.54, 1.807) is 6.92 Å². The highest BCUT2D eigenvalue weighted by molar-refractivity contribution is 7.85. The van der Waals surface area contributed by atoms with Crippen LogP contribution in [0.15, 0.2) is 132 Å². The Morgan fingerprint density at radius 3 is 1.98 bits per heavy atom. The minimum absolute atomic E-state index is 0.559. The number of nitrogens with zero attached hydrogens (tertiary/aromatic N) is 2. The number of phenolic OH excluding ortho intramolecular Hbond substituents is 1. The second kappa shape index (κ2) is 13.9. The zero-order valence-corrected chi connectivity index (χ0v) is 26.7. The molecule has 7 heteroatoms. The number of aryl methyl sites for hydroxylation is 1. The van der Waals surface area contributed by atoms with Gasteiger partial charge in [0.25, 0.3) is 0 Å². The van der Waals surface area contributed by atoms with Crippen molar-refractivity contribution in [2.75, 3.05) is 18.0 Å². The Morgan fingerprint density at radius 1 is 0.822 bits per heavy atom. The predicted molar refractivity (Wildman–Crippen MR) is 181 cm³/mol. The van der Waals surface area contributed by atoms with Crippen LogP contribution in [-0.2, 0) is 23.2 Å². The van der Waals surface area contributed by atoms with Crippen molar-refractivity contribution in [1.82, 2.24) is 0 Å². The summed E-state index contributed by atoms with van der Waals surface area (Å²) in [6.07, 6.45) is 8.27. The fourth-order valence-corrected chi connectivity index (χ4v) is 6.31. The molecular weight excluding hydrogens is 580 g/mol. The third-order valence-electron chi connectivity index (χ3n) is 8.08. The smallest absolute Gasteiger partial charge is 0.200 e. The lowest BCUT2D eigenvalue weighted by Gasteiger charge is -2.24. The molecule has 0 amide bonds. The first-order valence-corrected chi connectivity index (χ1v) is 16.5. The van der Waals surface area contributed by atoms with E-state index >= 15 is 0 Å². The van der Waals surface area contributed by atoms with Gasteiger partial charge in [0.2, 0.25) is 0 Å². The van der Waals surface area contributed by atoms with E-state index in [0.717, 1.165) is 54.3 Å². The van der Waals surface area contributed by atoms with Gasteiger partial charge in [-0.2, -0.15) is 0 Å². The summed E-state index contributed by atoms with van der Waals surface area (Å²) in [5.41, 5.74) is 8.45. The Hall–Kier alpha value is -4.72. The van der Waals surface area contributed by atoms with Crippen molar-refractivity contribution in [1.29, 1.82) is 0 Å². The molecule has 0 aliphatic heterocycles. The number of phenols is 1. The van der Waals surface area contributed by atoms with Crippen molar-refractivity contribution >= 4 is 27.1 Å².